The molecule has 5 nitrogen and oxygen atoms in total. The molecular weight excluding hydrogens is 879 g/mol. The molecule has 0 saturated heterocycles. The van der Waals surface area contributed by atoms with Gasteiger partial charge in [-0.25, -0.2) is 0 Å². The van der Waals surface area contributed by atoms with Crippen LogP contribution in [0.15, 0.2) is 282 Å². The summed E-state index contributed by atoms with van der Waals surface area (Å²) < 4.78 is 13.4. The highest BCUT2D eigenvalue weighted by Crippen LogP contribution is 2.58. The first-order valence-electron chi connectivity index (χ1n) is 24.5. The molecule has 0 fully saturated rings. The number of rotatable bonds is 9. The van der Waals surface area contributed by atoms with Gasteiger partial charge in [0.05, 0.1) is 28.2 Å². The number of para-hydroxylation sites is 9. The zero-order valence-electron chi connectivity index (χ0n) is 39.1. The maximum absolute atomic E-state index is 6.69. The van der Waals surface area contributed by atoms with Crippen LogP contribution in [0.2, 0.25) is 0 Å². The number of benzene rings is 11. The molecule has 0 unspecified atom stereocenters. The van der Waals surface area contributed by atoms with Crippen molar-refractivity contribution in [1.82, 2.24) is 0 Å². The number of anilines is 9. The average Bonchev–Trinajstić information content (AvgIpc) is 4.04. The highest BCUT2D eigenvalue weighted by molar-refractivity contribution is 6.11. The fourth-order valence-electron chi connectivity index (χ4n) is 11.4. The third-order valence-corrected chi connectivity index (χ3v) is 14.5. The van der Waals surface area contributed by atoms with Crippen LogP contribution >= 0.6 is 0 Å². The highest BCUT2D eigenvalue weighted by atomic mass is 16.3. The fourth-order valence-corrected chi connectivity index (χ4v) is 11.4. The summed E-state index contributed by atoms with van der Waals surface area (Å²) >= 11 is 0. The lowest BCUT2D eigenvalue weighted by molar-refractivity contribution is 0.668. The third-order valence-electron chi connectivity index (χ3n) is 14.5. The minimum absolute atomic E-state index is 0.748. The van der Waals surface area contributed by atoms with Gasteiger partial charge in [-0.05, 0) is 119 Å². The van der Waals surface area contributed by atoms with Crippen molar-refractivity contribution in [2.75, 3.05) is 14.7 Å². The van der Waals surface area contributed by atoms with Crippen LogP contribution in [0.4, 0.5) is 51.2 Å². The summed E-state index contributed by atoms with van der Waals surface area (Å²) in [5.74, 6) is 0. The minimum Gasteiger partial charge on any atom is -0.454 e. The number of hydrogen-bond acceptors (Lipinski definition) is 5. The Kier molecular flexibility index (Phi) is 9.68. The fraction of sp³-hybridized carbons (Fsp3) is 0.0149. The van der Waals surface area contributed by atoms with Gasteiger partial charge >= 0.3 is 0 Å². The van der Waals surface area contributed by atoms with Gasteiger partial charge < -0.3 is 23.5 Å². The predicted octanol–water partition coefficient (Wildman–Crippen LogP) is 18.6. The van der Waals surface area contributed by atoms with E-state index in [1.165, 1.54) is 11.1 Å². The number of fused-ring (bicyclic) bond motifs is 8. The van der Waals surface area contributed by atoms with Crippen molar-refractivity contribution in [3.8, 4) is 0 Å². The van der Waals surface area contributed by atoms with Gasteiger partial charge in [-0.2, -0.15) is 0 Å². The van der Waals surface area contributed by atoms with Gasteiger partial charge in [0.25, 0.3) is 0 Å². The Morgan fingerprint density at radius 3 is 1.11 bits per heavy atom. The zero-order valence-corrected chi connectivity index (χ0v) is 39.1. The smallest absolute Gasteiger partial charge is 0.159 e. The highest BCUT2D eigenvalue weighted by Gasteiger charge is 2.46. The van der Waals surface area contributed by atoms with Crippen molar-refractivity contribution in [2.24, 2.45) is 0 Å². The molecule has 0 atom stereocenters. The molecular formula is C67H45N3O2. The van der Waals surface area contributed by atoms with E-state index in [1.807, 2.05) is 24.3 Å². The number of furan rings is 2. The number of hydrogen-bond donors (Lipinski definition) is 0. The maximum Gasteiger partial charge on any atom is 0.159 e. The molecule has 0 radical (unpaired) electrons. The van der Waals surface area contributed by atoms with Gasteiger partial charge in [-0.1, -0.05) is 176 Å². The van der Waals surface area contributed by atoms with E-state index in [4.69, 9.17) is 8.83 Å². The van der Waals surface area contributed by atoms with E-state index in [1.54, 1.807) is 0 Å². The third kappa shape index (κ3) is 6.41. The van der Waals surface area contributed by atoms with Crippen molar-refractivity contribution >= 4 is 95.1 Å². The zero-order chi connectivity index (χ0) is 47.6. The van der Waals surface area contributed by atoms with Crippen LogP contribution in [-0.4, -0.2) is 0 Å². The normalized spacial score (nSPS) is 12.8. The Morgan fingerprint density at radius 2 is 0.653 bits per heavy atom. The molecule has 340 valence electrons. The summed E-state index contributed by atoms with van der Waals surface area (Å²) in [4.78, 5) is 7.05. The standard InChI is InChI=1S/C67H45N3O2/c1-4-20-48(21-5-1)68(61-34-18-28-55-53-26-10-16-36-63(53)71-65(55)61)51-42-38-46(39-43-51)67(57-30-12-14-32-59(57)70(50-24-8-3-9-25-50)60-33-15-13-31-58(60)67)47-40-44-52(45-41-47)69(49-22-6-2-7-23-49)62-35-19-29-56-54-27-11-17-37-64(54)72-66(56)62/h1-45H. The van der Waals surface area contributed by atoms with E-state index in [0.29, 0.717) is 0 Å². The summed E-state index contributed by atoms with van der Waals surface area (Å²) in [5.41, 5.74) is 16.8. The van der Waals surface area contributed by atoms with Crippen LogP contribution in [0.5, 0.6) is 0 Å². The summed E-state index contributed by atoms with van der Waals surface area (Å²) in [6.07, 6.45) is 0. The van der Waals surface area contributed by atoms with Gasteiger partial charge in [-0.3, -0.25) is 0 Å². The monoisotopic (exact) mass is 923 g/mol. The second-order valence-electron chi connectivity index (χ2n) is 18.4. The van der Waals surface area contributed by atoms with Crippen LogP contribution < -0.4 is 14.7 Å². The first-order valence-corrected chi connectivity index (χ1v) is 24.5. The Hall–Kier alpha value is -9.58. The van der Waals surface area contributed by atoms with E-state index in [2.05, 4.69) is 263 Å². The largest absolute Gasteiger partial charge is 0.454 e. The second-order valence-corrected chi connectivity index (χ2v) is 18.4. The molecule has 0 N–H and O–H groups in total. The predicted molar refractivity (Wildman–Crippen MR) is 297 cm³/mol. The van der Waals surface area contributed by atoms with Gasteiger partial charge in [0.15, 0.2) is 11.2 Å². The van der Waals surface area contributed by atoms with E-state index >= 15 is 0 Å². The van der Waals surface area contributed by atoms with Crippen molar-refractivity contribution in [1.29, 1.82) is 0 Å². The summed E-state index contributed by atoms with van der Waals surface area (Å²) in [5, 5.41) is 4.37. The molecule has 0 aliphatic carbocycles. The molecule has 0 bridgehead atoms. The van der Waals surface area contributed by atoms with E-state index in [-0.39, 0.29) is 0 Å². The van der Waals surface area contributed by atoms with Crippen LogP contribution in [0.25, 0.3) is 43.9 Å². The molecule has 5 heteroatoms. The van der Waals surface area contributed by atoms with Crippen LogP contribution in [-0.2, 0) is 5.41 Å². The molecule has 72 heavy (non-hydrogen) atoms. The Bertz CT molecular complexity index is 3860. The SMILES string of the molecule is c1ccc(N2c3ccccc3C(c3ccc(N(c4ccccc4)c4cccc5c4oc4ccccc45)cc3)(c3ccc(N(c4ccccc4)c4cccc5c4oc4ccccc45)cc3)c3ccccc32)cc1. The maximum atomic E-state index is 6.69. The molecule has 3 heterocycles. The van der Waals surface area contributed by atoms with Gasteiger partial charge in [-0.15, -0.1) is 0 Å². The molecule has 0 spiro atoms. The summed E-state index contributed by atoms with van der Waals surface area (Å²) in [6, 6.07) is 97.7. The summed E-state index contributed by atoms with van der Waals surface area (Å²) in [7, 11) is 0. The molecule has 1 aliphatic rings. The molecule has 11 aromatic carbocycles. The van der Waals surface area contributed by atoms with Gasteiger partial charge in [0, 0.05) is 50.0 Å². The van der Waals surface area contributed by atoms with Gasteiger partial charge in [0.2, 0.25) is 0 Å². The molecule has 13 aromatic rings. The topological polar surface area (TPSA) is 36.0 Å². The Morgan fingerprint density at radius 1 is 0.292 bits per heavy atom. The molecule has 14 rings (SSSR count). The van der Waals surface area contributed by atoms with Crippen LogP contribution in [0.3, 0.4) is 0 Å². The lowest BCUT2D eigenvalue weighted by Gasteiger charge is -2.46. The Labute approximate surface area is 417 Å². The van der Waals surface area contributed by atoms with Crippen molar-refractivity contribution in [3.63, 3.8) is 0 Å². The first-order chi connectivity index (χ1) is 35.7. The quantitative estimate of drug-likeness (QED) is 0.144. The lowest BCUT2D eigenvalue weighted by atomic mass is 9.62. The first kappa shape index (κ1) is 41.4. The Balaban J connectivity index is 0.983. The number of nitrogens with zero attached hydrogens (tertiary/aromatic N) is 3. The molecule has 0 saturated carbocycles. The minimum atomic E-state index is -0.748. The van der Waals surface area contributed by atoms with Crippen LogP contribution in [0.1, 0.15) is 22.3 Å². The van der Waals surface area contributed by atoms with E-state index in [9.17, 15) is 0 Å². The van der Waals surface area contributed by atoms with Crippen molar-refractivity contribution < 1.29 is 8.83 Å². The van der Waals surface area contributed by atoms with E-state index in [0.717, 1.165) is 106 Å². The van der Waals surface area contributed by atoms with Crippen molar-refractivity contribution in [3.05, 3.63) is 295 Å². The molecule has 2 aromatic heterocycles. The van der Waals surface area contributed by atoms with Crippen molar-refractivity contribution in [2.45, 2.75) is 5.41 Å². The average molecular weight is 924 g/mol. The molecule has 0 amide bonds. The molecule has 1 aliphatic heterocycles. The van der Waals surface area contributed by atoms with Crippen LogP contribution in [0, 0.1) is 0 Å². The second kappa shape index (κ2) is 16.8. The van der Waals surface area contributed by atoms with E-state index < -0.39 is 5.41 Å². The lowest BCUT2D eigenvalue weighted by Crippen LogP contribution is -2.37. The van der Waals surface area contributed by atoms with Gasteiger partial charge in [0.1, 0.15) is 11.2 Å². The summed E-state index contributed by atoms with van der Waals surface area (Å²) in [6.45, 7) is 0.